The summed E-state index contributed by atoms with van der Waals surface area (Å²) >= 11 is 5.14. The molecule has 0 aliphatic carbocycles. The SMILES string of the molecule is CCCOc1nc(NCc2cc(Br)cs2)ccc1N. The summed E-state index contributed by atoms with van der Waals surface area (Å²) in [7, 11) is 0. The largest absolute Gasteiger partial charge is 0.476 e. The molecule has 0 saturated heterocycles. The van der Waals surface area contributed by atoms with E-state index in [0.29, 0.717) is 18.2 Å². The van der Waals surface area contributed by atoms with E-state index < -0.39 is 0 Å². The van der Waals surface area contributed by atoms with Crippen LogP contribution in [0.3, 0.4) is 0 Å². The molecule has 2 rings (SSSR count). The first-order valence-electron chi connectivity index (χ1n) is 6.05. The number of nitrogens with zero attached hydrogens (tertiary/aromatic N) is 1. The Hall–Kier alpha value is -1.27. The fourth-order valence-electron chi connectivity index (χ4n) is 1.49. The number of nitrogens with two attached hydrogens (primary N) is 1. The number of nitrogen functional groups attached to an aromatic ring is 1. The Kier molecular flexibility index (Phi) is 5.04. The normalized spacial score (nSPS) is 10.4. The molecular formula is C13H16BrN3OS. The van der Waals surface area contributed by atoms with E-state index in [1.54, 1.807) is 11.3 Å². The monoisotopic (exact) mass is 341 g/mol. The first-order valence-corrected chi connectivity index (χ1v) is 7.72. The van der Waals surface area contributed by atoms with E-state index in [-0.39, 0.29) is 0 Å². The van der Waals surface area contributed by atoms with Crippen molar-refractivity contribution in [2.24, 2.45) is 0 Å². The number of ether oxygens (including phenoxy) is 1. The molecule has 0 atom stereocenters. The molecule has 2 aromatic rings. The maximum Gasteiger partial charge on any atom is 0.239 e. The lowest BCUT2D eigenvalue weighted by Gasteiger charge is -2.09. The minimum atomic E-state index is 0.499. The number of nitrogens with one attached hydrogen (secondary N) is 1. The molecule has 4 nitrogen and oxygen atoms in total. The van der Waals surface area contributed by atoms with Crippen LogP contribution in [0.4, 0.5) is 11.5 Å². The van der Waals surface area contributed by atoms with E-state index in [1.807, 2.05) is 19.1 Å². The van der Waals surface area contributed by atoms with Gasteiger partial charge in [-0.2, -0.15) is 4.98 Å². The van der Waals surface area contributed by atoms with E-state index in [0.717, 1.165) is 23.3 Å². The number of hydrogen-bond donors (Lipinski definition) is 2. The molecule has 0 aliphatic heterocycles. The lowest BCUT2D eigenvalue weighted by Crippen LogP contribution is -2.05. The van der Waals surface area contributed by atoms with Gasteiger partial charge in [0.15, 0.2) is 0 Å². The van der Waals surface area contributed by atoms with Crippen molar-refractivity contribution in [1.29, 1.82) is 0 Å². The second-order valence-electron chi connectivity index (χ2n) is 4.02. The quantitative estimate of drug-likeness (QED) is 0.836. The predicted octanol–water partition coefficient (Wildman–Crippen LogP) is 3.89. The minimum Gasteiger partial charge on any atom is -0.476 e. The van der Waals surface area contributed by atoms with Gasteiger partial charge in [0.1, 0.15) is 5.82 Å². The van der Waals surface area contributed by atoms with Gasteiger partial charge in [0.2, 0.25) is 5.88 Å². The average molecular weight is 342 g/mol. The van der Waals surface area contributed by atoms with Crippen molar-refractivity contribution in [2.45, 2.75) is 19.9 Å². The van der Waals surface area contributed by atoms with Crippen LogP contribution in [-0.4, -0.2) is 11.6 Å². The van der Waals surface area contributed by atoms with Crippen molar-refractivity contribution in [2.75, 3.05) is 17.7 Å². The smallest absolute Gasteiger partial charge is 0.239 e. The van der Waals surface area contributed by atoms with E-state index in [2.05, 4.69) is 37.7 Å². The Bertz CT molecular complexity index is 544. The van der Waals surface area contributed by atoms with Gasteiger partial charge in [-0.3, -0.25) is 0 Å². The van der Waals surface area contributed by atoms with E-state index in [9.17, 15) is 0 Å². The molecule has 0 unspecified atom stereocenters. The zero-order chi connectivity index (χ0) is 13.7. The summed E-state index contributed by atoms with van der Waals surface area (Å²) in [5.74, 6) is 1.27. The van der Waals surface area contributed by atoms with Crippen LogP contribution >= 0.6 is 27.3 Å². The van der Waals surface area contributed by atoms with Gasteiger partial charge in [-0.05, 0) is 40.5 Å². The third kappa shape index (κ3) is 4.11. The van der Waals surface area contributed by atoms with Crippen LogP contribution < -0.4 is 15.8 Å². The highest BCUT2D eigenvalue weighted by Crippen LogP contribution is 2.23. The van der Waals surface area contributed by atoms with Gasteiger partial charge in [-0.1, -0.05) is 6.92 Å². The summed E-state index contributed by atoms with van der Waals surface area (Å²) in [5.41, 5.74) is 6.39. The van der Waals surface area contributed by atoms with E-state index >= 15 is 0 Å². The van der Waals surface area contributed by atoms with Gasteiger partial charge in [0.05, 0.1) is 18.8 Å². The predicted molar refractivity (Wildman–Crippen MR) is 83.8 cm³/mol. The number of pyridine rings is 1. The maximum atomic E-state index is 5.82. The number of rotatable bonds is 6. The standard InChI is InChI=1S/C13H16BrN3OS/c1-2-5-18-13-11(15)3-4-12(17-13)16-7-10-6-9(14)8-19-10/h3-4,6,8H,2,5,7,15H2,1H3,(H,16,17). The summed E-state index contributed by atoms with van der Waals surface area (Å²) in [5, 5.41) is 5.32. The summed E-state index contributed by atoms with van der Waals surface area (Å²) in [6, 6.07) is 5.75. The third-order valence-electron chi connectivity index (χ3n) is 2.40. The third-order valence-corrected chi connectivity index (χ3v) is 4.10. The molecule has 19 heavy (non-hydrogen) atoms. The average Bonchev–Trinajstić information content (AvgIpc) is 2.82. The van der Waals surface area contributed by atoms with Crippen molar-refractivity contribution in [3.8, 4) is 5.88 Å². The Morgan fingerprint density at radius 1 is 1.47 bits per heavy atom. The van der Waals surface area contributed by atoms with Gasteiger partial charge in [-0.15, -0.1) is 11.3 Å². The number of aromatic nitrogens is 1. The van der Waals surface area contributed by atoms with Gasteiger partial charge >= 0.3 is 0 Å². The molecule has 2 heterocycles. The zero-order valence-corrected chi connectivity index (χ0v) is 13.1. The Morgan fingerprint density at radius 2 is 2.32 bits per heavy atom. The molecule has 0 aromatic carbocycles. The molecular weight excluding hydrogens is 326 g/mol. The highest BCUT2D eigenvalue weighted by molar-refractivity contribution is 9.10. The number of thiophene rings is 1. The van der Waals surface area contributed by atoms with Crippen LogP contribution in [0.25, 0.3) is 0 Å². The first-order chi connectivity index (χ1) is 9.19. The Morgan fingerprint density at radius 3 is 3.00 bits per heavy atom. The van der Waals surface area contributed by atoms with Gasteiger partial charge in [0.25, 0.3) is 0 Å². The fourth-order valence-corrected chi connectivity index (χ4v) is 2.88. The van der Waals surface area contributed by atoms with Crippen molar-refractivity contribution < 1.29 is 4.74 Å². The molecule has 0 bridgehead atoms. The Labute approximate surface area is 125 Å². The van der Waals surface area contributed by atoms with Crippen molar-refractivity contribution in [3.63, 3.8) is 0 Å². The van der Waals surface area contributed by atoms with Gasteiger partial charge < -0.3 is 15.8 Å². The fraction of sp³-hybridized carbons (Fsp3) is 0.308. The molecule has 0 amide bonds. The van der Waals surface area contributed by atoms with Gasteiger partial charge in [0, 0.05) is 14.7 Å². The van der Waals surface area contributed by atoms with Crippen LogP contribution in [0.5, 0.6) is 5.88 Å². The summed E-state index contributed by atoms with van der Waals surface area (Å²) in [4.78, 5) is 5.60. The lowest BCUT2D eigenvalue weighted by atomic mass is 10.4. The van der Waals surface area contributed by atoms with Crippen molar-refractivity contribution in [3.05, 3.63) is 32.9 Å². The van der Waals surface area contributed by atoms with Crippen LogP contribution in [0.15, 0.2) is 28.1 Å². The molecule has 0 saturated carbocycles. The highest BCUT2D eigenvalue weighted by atomic mass is 79.9. The second-order valence-corrected chi connectivity index (χ2v) is 5.94. The molecule has 0 spiro atoms. The molecule has 0 radical (unpaired) electrons. The van der Waals surface area contributed by atoms with Crippen LogP contribution in [-0.2, 0) is 6.54 Å². The van der Waals surface area contributed by atoms with E-state index in [1.165, 1.54) is 4.88 Å². The van der Waals surface area contributed by atoms with Crippen molar-refractivity contribution >= 4 is 38.8 Å². The Balaban J connectivity index is 2.00. The second kappa shape index (κ2) is 6.77. The lowest BCUT2D eigenvalue weighted by molar-refractivity contribution is 0.307. The topological polar surface area (TPSA) is 60.2 Å². The van der Waals surface area contributed by atoms with Gasteiger partial charge in [-0.25, -0.2) is 0 Å². The molecule has 2 aromatic heterocycles. The summed E-state index contributed by atoms with van der Waals surface area (Å²) < 4.78 is 6.61. The molecule has 6 heteroatoms. The summed E-state index contributed by atoms with van der Waals surface area (Å²) in [6.45, 7) is 3.41. The molecule has 3 N–H and O–H groups in total. The van der Waals surface area contributed by atoms with Crippen LogP contribution in [0.2, 0.25) is 0 Å². The number of hydrogen-bond acceptors (Lipinski definition) is 5. The minimum absolute atomic E-state index is 0.499. The zero-order valence-electron chi connectivity index (χ0n) is 10.6. The number of halogens is 1. The number of anilines is 2. The van der Waals surface area contributed by atoms with Crippen molar-refractivity contribution in [1.82, 2.24) is 4.98 Å². The van der Waals surface area contributed by atoms with Crippen LogP contribution in [0.1, 0.15) is 18.2 Å². The molecule has 0 aliphatic rings. The van der Waals surface area contributed by atoms with Crippen LogP contribution in [0, 0.1) is 0 Å². The first kappa shape index (κ1) is 14.1. The summed E-state index contributed by atoms with van der Waals surface area (Å²) in [6.07, 6.45) is 0.933. The molecule has 102 valence electrons. The highest BCUT2D eigenvalue weighted by Gasteiger charge is 2.04. The maximum absolute atomic E-state index is 5.82. The van der Waals surface area contributed by atoms with E-state index in [4.69, 9.17) is 10.5 Å². The molecule has 0 fully saturated rings.